The van der Waals surface area contributed by atoms with Crippen LogP contribution in [0.1, 0.15) is 40.0 Å². The predicted octanol–water partition coefficient (Wildman–Crippen LogP) is 3.45. The molecule has 4 rings (SSSR count). The van der Waals surface area contributed by atoms with Gasteiger partial charge in [-0.15, -0.1) is 0 Å². The summed E-state index contributed by atoms with van der Waals surface area (Å²) in [6, 6.07) is 0. The van der Waals surface area contributed by atoms with Crippen molar-refractivity contribution in [2.45, 2.75) is 62.3 Å². The number of aldehydes is 1. The molecule has 0 heterocycles. The number of hydrogen-bond donors (Lipinski definition) is 1. The van der Waals surface area contributed by atoms with Gasteiger partial charge >= 0.3 is 0 Å². The fraction of sp³-hybridized carbons (Fsp3) is 0.682. The standard InChI is InChI=1S/C22H25BrF2O4/c1-11-6-14-18-15(24)8-12-7-13(27)4-5-19(12,2)22(18,25)16(28)9-20(14,3)21(11,23)17(29)10-26/h4-5,7,10-11,14-16,18,28H,6,8-9H2,1-3H3/t11-,14+,15-,16+,18-,19+,20+,21+,22-/m1/s1. The normalized spacial score (nSPS) is 53.6. The summed E-state index contributed by atoms with van der Waals surface area (Å²) in [7, 11) is 0. The third kappa shape index (κ3) is 2.24. The number of alkyl halides is 3. The number of aliphatic hydroxyl groups is 1. The van der Waals surface area contributed by atoms with Gasteiger partial charge in [0.05, 0.1) is 10.4 Å². The number of rotatable bonds is 2. The van der Waals surface area contributed by atoms with Gasteiger partial charge in [0.1, 0.15) is 6.17 Å². The van der Waals surface area contributed by atoms with E-state index in [1.165, 1.54) is 18.2 Å². The number of ketones is 2. The molecule has 4 aliphatic carbocycles. The molecule has 3 saturated carbocycles. The number of halogens is 3. The van der Waals surface area contributed by atoms with Crippen molar-refractivity contribution in [1.29, 1.82) is 0 Å². The molecular weight excluding hydrogens is 446 g/mol. The van der Waals surface area contributed by atoms with Gasteiger partial charge in [0.15, 0.2) is 17.7 Å². The monoisotopic (exact) mass is 470 g/mol. The van der Waals surface area contributed by atoms with Gasteiger partial charge in [-0.05, 0) is 49.2 Å². The molecule has 0 amide bonds. The van der Waals surface area contributed by atoms with Gasteiger partial charge in [0.2, 0.25) is 5.78 Å². The van der Waals surface area contributed by atoms with E-state index in [1.807, 2.05) is 0 Å². The minimum atomic E-state index is -2.32. The molecule has 0 aromatic heterocycles. The molecule has 158 valence electrons. The van der Waals surface area contributed by atoms with E-state index in [2.05, 4.69) is 15.9 Å². The van der Waals surface area contributed by atoms with E-state index in [0.29, 0.717) is 12.0 Å². The predicted molar refractivity (Wildman–Crippen MR) is 106 cm³/mol. The highest BCUT2D eigenvalue weighted by atomic mass is 79.9. The second-order valence-electron chi connectivity index (χ2n) is 9.70. The maximum atomic E-state index is 16.9. The van der Waals surface area contributed by atoms with Crippen molar-refractivity contribution in [2.75, 3.05) is 0 Å². The van der Waals surface area contributed by atoms with Gasteiger partial charge < -0.3 is 5.11 Å². The lowest BCUT2D eigenvalue weighted by atomic mass is 9.44. The maximum Gasteiger partial charge on any atom is 0.212 e. The lowest BCUT2D eigenvalue weighted by Gasteiger charge is -2.63. The average molecular weight is 471 g/mol. The van der Waals surface area contributed by atoms with Gasteiger partial charge in [-0.1, -0.05) is 41.4 Å². The molecule has 0 aliphatic heterocycles. The molecule has 0 aromatic rings. The van der Waals surface area contributed by atoms with Crippen LogP contribution in [0.25, 0.3) is 0 Å². The van der Waals surface area contributed by atoms with Crippen molar-refractivity contribution in [3.63, 3.8) is 0 Å². The number of allylic oxidation sites excluding steroid dienone is 4. The molecule has 0 bridgehead atoms. The topological polar surface area (TPSA) is 71.4 Å². The second kappa shape index (κ2) is 6.16. The SMILES string of the molecule is C[C@@H]1C[C@H]2[C@@H]3[C@H](F)CC4=CC(=O)C=C[C@]4(C)[C@@]3(F)[C@@H](O)C[C@]2(C)[C@@]1(Br)C(=O)C=O. The summed E-state index contributed by atoms with van der Waals surface area (Å²) in [5.74, 6) is -3.00. The summed E-state index contributed by atoms with van der Waals surface area (Å²) >= 11 is 3.50. The van der Waals surface area contributed by atoms with Crippen molar-refractivity contribution in [3.8, 4) is 0 Å². The number of carbonyl (C=O) groups excluding carboxylic acids is 3. The number of fused-ring (bicyclic) bond motifs is 5. The van der Waals surface area contributed by atoms with E-state index in [0.717, 1.165) is 0 Å². The van der Waals surface area contributed by atoms with E-state index in [9.17, 15) is 19.5 Å². The first-order valence-corrected chi connectivity index (χ1v) is 10.8. The van der Waals surface area contributed by atoms with E-state index in [4.69, 9.17) is 0 Å². The fourth-order valence-corrected chi connectivity index (χ4v) is 7.81. The van der Waals surface area contributed by atoms with Crippen molar-refractivity contribution < 1.29 is 28.3 Å². The van der Waals surface area contributed by atoms with E-state index in [-0.39, 0.29) is 30.8 Å². The summed E-state index contributed by atoms with van der Waals surface area (Å²) in [6.45, 7) is 5.16. The van der Waals surface area contributed by atoms with Crippen molar-refractivity contribution >= 4 is 33.8 Å². The summed E-state index contributed by atoms with van der Waals surface area (Å²) in [5.41, 5.74) is -4.25. The second-order valence-corrected chi connectivity index (χ2v) is 10.9. The molecule has 0 saturated heterocycles. The van der Waals surface area contributed by atoms with E-state index >= 15 is 8.78 Å². The summed E-state index contributed by atoms with van der Waals surface area (Å²) < 4.78 is 31.2. The summed E-state index contributed by atoms with van der Waals surface area (Å²) in [5, 5.41) is 11.1. The fourth-order valence-electron chi connectivity index (χ4n) is 7.07. The van der Waals surface area contributed by atoms with Crippen LogP contribution >= 0.6 is 15.9 Å². The summed E-state index contributed by atoms with van der Waals surface area (Å²) in [6.07, 6.45) is 1.31. The molecule has 7 heteroatoms. The average Bonchev–Trinajstić information content (AvgIpc) is 2.85. The first-order valence-electron chi connectivity index (χ1n) is 10.0. The molecule has 0 spiro atoms. The van der Waals surface area contributed by atoms with E-state index < -0.39 is 50.7 Å². The Labute approximate surface area is 176 Å². The zero-order chi connectivity index (χ0) is 21.6. The Kier molecular flexibility index (Phi) is 4.47. The quantitative estimate of drug-likeness (QED) is 0.381. The van der Waals surface area contributed by atoms with Crippen molar-refractivity contribution in [2.24, 2.45) is 28.6 Å². The third-order valence-electron chi connectivity index (χ3n) is 8.59. The lowest BCUT2D eigenvalue weighted by Crippen LogP contribution is -2.70. The first kappa shape index (κ1) is 21.0. The van der Waals surface area contributed by atoms with Gasteiger partial charge in [-0.2, -0.15) is 0 Å². The maximum absolute atomic E-state index is 16.9. The third-order valence-corrected chi connectivity index (χ3v) is 10.7. The Morgan fingerprint density at radius 2 is 2.03 bits per heavy atom. The number of carbonyl (C=O) groups is 3. The molecular formula is C22H25BrF2O4. The highest BCUT2D eigenvalue weighted by Crippen LogP contribution is 2.72. The Hall–Kier alpha value is -1.21. The Balaban J connectivity index is 1.89. The van der Waals surface area contributed by atoms with Crippen LogP contribution in [0.15, 0.2) is 23.8 Å². The first-order chi connectivity index (χ1) is 13.4. The zero-order valence-electron chi connectivity index (χ0n) is 16.6. The minimum absolute atomic E-state index is 0.0861. The zero-order valence-corrected chi connectivity index (χ0v) is 18.2. The Bertz CT molecular complexity index is 871. The number of Topliss-reactive ketones (excluding diaryl/α,β-unsaturated/α-hetero) is 1. The van der Waals surface area contributed by atoms with E-state index in [1.54, 1.807) is 20.8 Å². The van der Waals surface area contributed by atoms with Crippen molar-refractivity contribution in [1.82, 2.24) is 0 Å². The Morgan fingerprint density at radius 3 is 2.66 bits per heavy atom. The highest BCUT2D eigenvalue weighted by molar-refractivity contribution is 9.10. The molecule has 4 nitrogen and oxygen atoms in total. The molecule has 29 heavy (non-hydrogen) atoms. The molecule has 0 aromatic carbocycles. The van der Waals surface area contributed by atoms with Crippen LogP contribution in [0.5, 0.6) is 0 Å². The largest absolute Gasteiger partial charge is 0.390 e. The minimum Gasteiger partial charge on any atom is -0.390 e. The van der Waals surface area contributed by atoms with Crippen LogP contribution in [0.4, 0.5) is 8.78 Å². The molecule has 4 aliphatic rings. The Morgan fingerprint density at radius 1 is 1.38 bits per heavy atom. The number of hydrogen-bond acceptors (Lipinski definition) is 4. The van der Waals surface area contributed by atoms with Crippen LogP contribution in [0.2, 0.25) is 0 Å². The molecule has 3 fully saturated rings. The van der Waals surface area contributed by atoms with Crippen LogP contribution in [-0.2, 0) is 14.4 Å². The van der Waals surface area contributed by atoms with Gasteiger partial charge in [0, 0.05) is 17.8 Å². The molecule has 9 atom stereocenters. The number of aliphatic hydroxyl groups excluding tert-OH is 1. The van der Waals surface area contributed by atoms with Gasteiger partial charge in [0.25, 0.3) is 0 Å². The van der Waals surface area contributed by atoms with Crippen LogP contribution < -0.4 is 0 Å². The van der Waals surface area contributed by atoms with Gasteiger partial charge in [-0.3, -0.25) is 14.4 Å². The highest BCUT2D eigenvalue weighted by Gasteiger charge is 2.77. The lowest BCUT2D eigenvalue weighted by molar-refractivity contribution is -0.209. The smallest absolute Gasteiger partial charge is 0.212 e. The molecule has 0 radical (unpaired) electrons. The van der Waals surface area contributed by atoms with Crippen LogP contribution in [0.3, 0.4) is 0 Å². The van der Waals surface area contributed by atoms with Crippen molar-refractivity contribution in [3.05, 3.63) is 23.8 Å². The molecule has 0 unspecified atom stereocenters. The van der Waals surface area contributed by atoms with Crippen LogP contribution in [0, 0.1) is 28.6 Å². The van der Waals surface area contributed by atoms with Crippen LogP contribution in [-0.4, -0.2) is 45.2 Å². The molecule has 1 N–H and O–H groups in total. The summed E-state index contributed by atoms with van der Waals surface area (Å²) in [4.78, 5) is 35.8. The van der Waals surface area contributed by atoms with Gasteiger partial charge in [-0.25, -0.2) is 8.78 Å².